The molecular weight excluding hydrogens is 322 g/mol. The largest absolute Gasteiger partial charge is 0.377 e. The maximum Gasteiger partial charge on any atom is 0.262 e. The van der Waals surface area contributed by atoms with Gasteiger partial charge in [0.2, 0.25) is 0 Å². The van der Waals surface area contributed by atoms with E-state index in [1.165, 1.54) is 0 Å². The molecular formula is C18H19N3O2S. The van der Waals surface area contributed by atoms with Gasteiger partial charge in [0.1, 0.15) is 0 Å². The number of aromatic nitrogens is 1. The normalized spacial score (nSPS) is 11.5. The van der Waals surface area contributed by atoms with Gasteiger partial charge in [0.05, 0.1) is 10.6 Å². The van der Waals surface area contributed by atoms with Crippen LogP contribution in [-0.4, -0.2) is 27.5 Å². The van der Waals surface area contributed by atoms with E-state index < -0.39 is 10.0 Å². The van der Waals surface area contributed by atoms with Crippen LogP contribution in [-0.2, 0) is 10.0 Å². The van der Waals surface area contributed by atoms with E-state index in [0.717, 1.165) is 16.8 Å². The summed E-state index contributed by atoms with van der Waals surface area (Å²) in [5, 5.41) is 1.60. The lowest BCUT2D eigenvalue weighted by molar-refractivity contribution is 0.602. The maximum absolute atomic E-state index is 12.9. The molecule has 0 fully saturated rings. The molecule has 0 aliphatic carbocycles. The lowest BCUT2D eigenvalue weighted by atomic mass is 10.1. The third-order valence-electron chi connectivity index (χ3n) is 3.78. The van der Waals surface area contributed by atoms with Crippen molar-refractivity contribution in [2.45, 2.75) is 11.8 Å². The van der Waals surface area contributed by atoms with Crippen molar-refractivity contribution in [3.05, 3.63) is 60.4 Å². The molecule has 3 rings (SSSR count). The van der Waals surface area contributed by atoms with Crippen LogP contribution in [0.1, 0.15) is 5.69 Å². The Morgan fingerprint density at radius 3 is 2.42 bits per heavy atom. The molecule has 24 heavy (non-hydrogen) atoms. The first-order valence-corrected chi connectivity index (χ1v) is 9.01. The molecule has 0 aliphatic heterocycles. The molecule has 3 aromatic rings. The fourth-order valence-electron chi connectivity index (χ4n) is 2.71. The van der Waals surface area contributed by atoms with Gasteiger partial charge < -0.3 is 4.90 Å². The van der Waals surface area contributed by atoms with Crippen LogP contribution in [0.2, 0.25) is 0 Å². The highest BCUT2D eigenvalue weighted by molar-refractivity contribution is 7.93. The van der Waals surface area contributed by atoms with Crippen LogP contribution in [0.3, 0.4) is 0 Å². The number of hydrogen-bond donors (Lipinski definition) is 1. The average Bonchev–Trinajstić information content (AvgIpc) is 2.53. The van der Waals surface area contributed by atoms with Crippen LogP contribution in [0.25, 0.3) is 10.8 Å². The van der Waals surface area contributed by atoms with E-state index in [0.29, 0.717) is 11.1 Å². The van der Waals surface area contributed by atoms with Crippen LogP contribution < -0.4 is 9.62 Å². The number of nitrogens with zero attached hydrogens (tertiary/aromatic N) is 2. The van der Waals surface area contributed by atoms with Crippen molar-refractivity contribution in [3.63, 3.8) is 0 Å². The third-order valence-corrected chi connectivity index (χ3v) is 5.22. The van der Waals surface area contributed by atoms with Gasteiger partial charge in [-0.3, -0.25) is 9.71 Å². The first kappa shape index (κ1) is 16.3. The van der Waals surface area contributed by atoms with Crippen molar-refractivity contribution < 1.29 is 8.42 Å². The number of nitrogens with one attached hydrogen (secondary N) is 1. The van der Waals surface area contributed by atoms with Crippen LogP contribution in [0.15, 0.2) is 59.6 Å². The van der Waals surface area contributed by atoms with Gasteiger partial charge in [0.15, 0.2) is 0 Å². The Hall–Kier alpha value is -2.60. The molecule has 0 saturated carbocycles. The van der Waals surface area contributed by atoms with E-state index in [1.807, 2.05) is 50.2 Å². The molecule has 0 aliphatic rings. The fraction of sp³-hybridized carbons (Fsp3) is 0.167. The van der Waals surface area contributed by atoms with Gasteiger partial charge in [-0.2, -0.15) is 0 Å². The Labute approximate surface area is 142 Å². The van der Waals surface area contributed by atoms with Crippen molar-refractivity contribution in [1.29, 1.82) is 0 Å². The number of sulfonamides is 1. The summed E-state index contributed by atoms with van der Waals surface area (Å²) in [6.45, 7) is 1.82. The molecule has 1 heterocycles. The third kappa shape index (κ3) is 3.05. The second kappa shape index (κ2) is 6.13. The van der Waals surface area contributed by atoms with Gasteiger partial charge in [-0.15, -0.1) is 0 Å². The SMILES string of the molecule is Cc1cc(NS(=O)(=O)c2cccc3c(N(C)C)cccc23)ccn1. The molecule has 0 radical (unpaired) electrons. The molecule has 0 unspecified atom stereocenters. The van der Waals surface area contributed by atoms with Gasteiger partial charge >= 0.3 is 0 Å². The van der Waals surface area contributed by atoms with Crippen molar-refractivity contribution in [2.75, 3.05) is 23.7 Å². The number of hydrogen-bond acceptors (Lipinski definition) is 4. The van der Waals surface area contributed by atoms with Crippen molar-refractivity contribution in [2.24, 2.45) is 0 Å². The van der Waals surface area contributed by atoms with Gasteiger partial charge in [-0.05, 0) is 31.2 Å². The van der Waals surface area contributed by atoms with E-state index in [1.54, 1.807) is 30.5 Å². The summed E-state index contributed by atoms with van der Waals surface area (Å²) >= 11 is 0. The Kier molecular flexibility index (Phi) is 4.15. The van der Waals surface area contributed by atoms with Crippen molar-refractivity contribution in [1.82, 2.24) is 4.98 Å². The van der Waals surface area contributed by atoms with E-state index in [-0.39, 0.29) is 4.90 Å². The lowest BCUT2D eigenvalue weighted by Gasteiger charge is -2.17. The van der Waals surface area contributed by atoms with Gasteiger partial charge in [0, 0.05) is 42.4 Å². The highest BCUT2D eigenvalue weighted by atomic mass is 32.2. The summed E-state index contributed by atoms with van der Waals surface area (Å²) in [6, 6.07) is 14.3. The zero-order valence-electron chi connectivity index (χ0n) is 13.8. The van der Waals surface area contributed by atoms with Crippen LogP contribution >= 0.6 is 0 Å². The number of rotatable bonds is 4. The van der Waals surface area contributed by atoms with E-state index in [9.17, 15) is 8.42 Å². The van der Waals surface area contributed by atoms with Crippen LogP contribution in [0.4, 0.5) is 11.4 Å². The van der Waals surface area contributed by atoms with E-state index >= 15 is 0 Å². The number of aryl methyl sites for hydroxylation is 1. The Bertz CT molecular complexity index is 998. The van der Waals surface area contributed by atoms with Crippen LogP contribution in [0, 0.1) is 6.92 Å². The number of pyridine rings is 1. The second-order valence-electron chi connectivity index (χ2n) is 5.81. The van der Waals surface area contributed by atoms with Crippen LogP contribution in [0.5, 0.6) is 0 Å². The monoisotopic (exact) mass is 341 g/mol. The van der Waals surface area contributed by atoms with Gasteiger partial charge in [-0.25, -0.2) is 8.42 Å². The summed E-state index contributed by atoms with van der Waals surface area (Å²) in [6.07, 6.45) is 1.58. The Morgan fingerprint density at radius 1 is 1.00 bits per heavy atom. The average molecular weight is 341 g/mol. The molecule has 2 aromatic carbocycles. The minimum atomic E-state index is -3.70. The summed E-state index contributed by atoms with van der Waals surface area (Å²) in [5.41, 5.74) is 2.23. The Morgan fingerprint density at radius 2 is 1.71 bits per heavy atom. The smallest absolute Gasteiger partial charge is 0.262 e. The quantitative estimate of drug-likeness (QED) is 0.790. The molecule has 0 atom stereocenters. The molecule has 0 bridgehead atoms. The maximum atomic E-state index is 12.9. The minimum Gasteiger partial charge on any atom is -0.377 e. The first-order chi connectivity index (χ1) is 11.4. The summed E-state index contributed by atoms with van der Waals surface area (Å²) in [5.74, 6) is 0. The highest BCUT2D eigenvalue weighted by Gasteiger charge is 2.18. The summed E-state index contributed by atoms with van der Waals surface area (Å²) in [7, 11) is 0.181. The van der Waals surface area contributed by atoms with Gasteiger partial charge in [-0.1, -0.05) is 24.3 Å². The predicted molar refractivity (Wildman–Crippen MR) is 98.1 cm³/mol. The molecule has 0 amide bonds. The zero-order valence-corrected chi connectivity index (χ0v) is 14.6. The molecule has 0 saturated heterocycles. The fourth-order valence-corrected chi connectivity index (χ4v) is 3.98. The molecule has 1 aromatic heterocycles. The predicted octanol–water partition coefficient (Wildman–Crippen LogP) is 3.41. The molecule has 124 valence electrons. The van der Waals surface area contributed by atoms with E-state index in [4.69, 9.17) is 0 Å². The summed E-state index contributed by atoms with van der Waals surface area (Å²) < 4.78 is 28.4. The number of fused-ring (bicyclic) bond motifs is 1. The highest BCUT2D eigenvalue weighted by Crippen LogP contribution is 2.31. The Balaban J connectivity index is 2.13. The zero-order chi connectivity index (χ0) is 17.3. The van der Waals surface area contributed by atoms with E-state index in [2.05, 4.69) is 9.71 Å². The number of anilines is 2. The van der Waals surface area contributed by atoms with Crippen molar-refractivity contribution >= 4 is 32.2 Å². The molecule has 6 heteroatoms. The first-order valence-electron chi connectivity index (χ1n) is 7.53. The minimum absolute atomic E-state index is 0.262. The standard InChI is InChI=1S/C18H19N3O2S/c1-13-12-14(10-11-19-13)20-24(22,23)18-9-5-6-15-16(18)7-4-8-17(15)21(2)3/h4-12H,1-3H3,(H,19,20). The van der Waals surface area contributed by atoms with Crippen molar-refractivity contribution in [3.8, 4) is 0 Å². The summed E-state index contributed by atoms with van der Waals surface area (Å²) in [4.78, 5) is 6.32. The molecule has 5 nitrogen and oxygen atoms in total. The number of benzene rings is 2. The topological polar surface area (TPSA) is 62.3 Å². The lowest BCUT2D eigenvalue weighted by Crippen LogP contribution is -2.14. The second-order valence-corrected chi connectivity index (χ2v) is 7.47. The molecule has 1 N–H and O–H groups in total. The molecule has 0 spiro atoms. The van der Waals surface area contributed by atoms with Gasteiger partial charge in [0.25, 0.3) is 10.0 Å².